The molecule has 2 bridgehead atoms. The molecule has 5 atom stereocenters. The molecule has 1 aliphatic carbocycles. The molecule has 15 heteroatoms. The Bertz CT molecular complexity index is 1830. The van der Waals surface area contributed by atoms with Gasteiger partial charge in [0.25, 0.3) is 0 Å². The monoisotopic (exact) mass is 684 g/mol. The summed E-state index contributed by atoms with van der Waals surface area (Å²) in [5, 5.41) is 3.88. The fourth-order valence-electron chi connectivity index (χ4n) is 9.21. The number of nitrogens with two attached hydrogens (primary N) is 1. The van der Waals surface area contributed by atoms with Crippen LogP contribution in [-0.4, -0.2) is 94.1 Å². The third kappa shape index (κ3) is 5.09. The molecule has 3 aromatic heterocycles. The zero-order valence-electron chi connectivity index (χ0n) is 27.6. The number of nitrogen functional groups attached to an aromatic ring is 1. The number of hydrogen-bond acceptors (Lipinski definition) is 11. The molecule has 5 aliphatic heterocycles. The highest BCUT2D eigenvalue weighted by atomic mass is 19.4. The van der Waals surface area contributed by atoms with Gasteiger partial charge >= 0.3 is 12.2 Å². The minimum absolute atomic E-state index is 0.0169. The van der Waals surface area contributed by atoms with Gasteiger partial charge in [0, 0.05) is 48.3 Å². The number of piperazine rings is 1. The van der Waals surface area contributed by atoms with Crippen molar-refractivity contribution in [2.45, 2.75) is 94.7 Å². The molecule has 5 fully saturated rings. The summed E-state index contributed by atoms with van der Waals surface area (Å²) >= 11 is 0. The summed E-state index contributed by atoms with van der Waals surface area (Å²) in [5.74, 6) is -0.818. The first kappa shape index (κ1) is 31.4. The highest BCUT2D eigenvalue weighted by Gasteiger charge is 2.52. The molecule has 1 spiro atoms. The molecule has 8 heterocycles. The van der Waals surface area contributed by atoms with Gasteiger partial charge in [0.2, 0.25) is 5.88 Å². The van der Waals surface area contributed by atoms with Crippen molar-refractivity contribution in [2.24, 2.45) is 5.41 Å². The smallest absolute Gasteiger partial charge is 0.418 e. The molecule has 262 valence electrons. The van der Waals surface area contributed by atoms with E-state index in [-0.39, 0.29) is 63.4 Å². The van der Waals surface area contributed by atoms with Gasteiger partial charge in [0.05, 0.1) is 30.5 Å². The van der Waals surface area contributed by atoms with E-state index in [1.807, 2.05) is 6.92 Å². The number of alkyl halides is 3. The van der Waals surface area contributed by atoms with Gasteiger partial charge in [-0.05, 0) is 71.4 Å². The van der Waals surface area contributed by atoms with Crippen LogP contribution in [-0.2, 0) is 10.9 Å². The average Bonchev–Trinajstić information content (AvgIpc) is 3.31. The normalized spacial score (nSPS) is 30.1. The second kappa shape index (κ2) is 11.0. The molecule has 9 rings (SSSR count). The van der Waals surface area contributed by atoms with Crippen LogP contribution >= 0.6 is 0 Å². The first-order chi connectivity index (χ1) is 23.4. The highest BCUT2D eigenvalue weighted by Crippen LogP contribution is 2.51. The molecule has 1 unspecified atom stereocenters. The Hall–Kier alpha value is -3.56. The van der Waals surface area contributed by atoms with E-state index < -0.39 is 34.9 Å². The summed E-state index contributed by atoms with van der Waals surface area (Å²) in [5.41, 5.74) is 3.14. The molecule has 4 saturated heterocycles. The summed E-state index contributed by atoms with van der Waals surface area (Å²) in [6.45, 7) is 7.48. The Labute approximate surface area is 280 Å². The maximum Gasteiger partial charge on any atom is 0.418 e. The number of anilines is 2. The van der Waals surface area contributed by atoms with E-state index in [9.17, 15) is 13.2 Å². The van der Waals surface area contributed by atoms with Gasteiger partial charge in [-0.2, -0.15) is 23.1 Å². The van der Waals surface area contributed by atoms with Crippen LogP contribution in [0.2, 0.25) is 0 Å². The van der Waals surface area contributed by atoms with E-state index in [0.29, 0.717) is 19.0 Å². The Balaban J connectivity index is 1.15. The molecule has 1 saturated carbocycles. The fraction of sp³-hybridized carbons (Fsp3) is 0.647. The van der Waals surface area contributed by atoms with Crippen molar-refractivity contribution in [3.05, 3.63) is 23.1 Å². The van der Waals surface area contributed by atoms with Crippen molar-refractivity contribution in [1.82, 2.24) is 30.2 Å². The number of ether oxygens (including phenoxy) is 3. The van der Waals surface area contributed by atoms with E-state index in [2.05, 4.69) is 30.1 Å². The molecule has 49 heavy (non-hydrogen) atoms. The molecule has 3 aromatic rings. The summed E-state index contributed by atoms with van der Waals surface area (Å²) in [6.07, 6.45) is 1.90. The number of aromatic nitrogens is 4. The second-order valence-corrected chi connectivity index (χ2v) is 15.0. The minimum atomic E-state index is -4.85. The van der Waals surface area contributed by atoms with Crippen LogP contribution in [0.5, 0.6) is 11.9 Å². The number of nitrogens with zero attached hydrogens (tertiary/aromatic N) is 6. The number of halogens is 4. The first-order valence-electron chi connectivity index (χ1n) is 17.3. The van der Waals surface area contributed by atoms with Crippen LogP contribution in [0.1, 0.15) is 63.1 Å². The topological polar surface area (TPSA) is 124 Å². The SMILES string of the molecule is Cc1nc(N)cc(-c2nc3c4c(nc(OCC5(CN6CCCC67CCOC7)CC5)nc4c2F)N2C[C@H]4CC[C@H](N4)[C@H]2[C@H](C)O3)c1C(F)(F)F. The number of pyridine rings is 2. The highest BCUT2D eigenvalue weighted by molar-refractivity contribution is 5.97. The maximum atomic E-state index is 16.9. The summed E-state index contributed by atoms with van der Waals surface area (Å²) in [4.78, 5) is 22.4. The van der Waals surface area contributed by atoms with Crippen LogP contribution in [0, 0.1) is 18.2 Å². The number of nitrogens with one attached hydrogen (secondary N) is 1. The molecule has 0 amide bonds. The summed E-state index contributed by atoms with van der Waals surface area (Å²) in [6, 6.07) is 1.11. The molecular weight excluding hydrogens is 644 g/mol. The van der Waals surface area contributed by atoms with Gasteiger partial charge in [0.1, 0.15) is 34.3 Å². The first-order valence-corrected chi connectivity index (χ1v) is 17.3. The van der Waals surface area contributed by atoms with Crippen molar-refractivity contribution in [1.29, 1.82) is 0 Å². The van der Waals surface area contributed by atoms with Crippen LogP contribution in [0.15, 0.2) is 6.07 Å². The zero-order valence-corrected chi connectivity index (χ0v) is 27.6. The lowest BCUT2D eigenvalue weighted by atomic mass is 9.94. The Morgan fingerprint density at radius 2 is 1.96 bits per heavy atom. The standard InChI is InChI=1S/C34H40F4N8O3/c1-17-24(34(36,37)38)20(12-22(39)40-17)26-25(35)27-23-29(46-13-19-4-5-21(41-19)28(46)18(2)49-30(23)42-26)44-31(43-27)48-15-32(7-8-32)14-45-10-3-6-33(45)9-11-47-16-33/h12,18-19,21,28,41H,3-11,13-16H2,1-2H3,(H2,39,40)/t18-,19+,21-,28+,33?/m0/s1. The lowest BCUT2D eigenvalue weighted by molar-refractivity contribution is -0.137. The molecule has 3 N–H and O–H groups in total. The van der Waals surface area contributed by atoms with E-state index in [1.165, 1.54) is 6.92 Å². The number of fused-ring (bicyclic) bond motifs is 5. The quantitative estimate of drug-likeness (QED) is 0.353. The van der Waals surface area contributed by atoms with Gasteiger partial charge in [-0.1, -0.05) is 0 Å². The van der Waals surface area contributed by atoms with Crippen molar-refractivity contribution < 1.29 is 31.8 Å². The Morgan fingerprint density at radius 1 is 1.12 bits per heavy atom. The number of hydrogen-bond donors (Lipinski definition) is 2. The average molecular weight is 685 g/mol. The third-order valence-electron chi connectivity index (χ3n) is 11.8. The fourth-order valence-corrected chi connectivity index (χ4v) is 9.21. The third-order valence-corrected chi connectivity index (χ3v) is 11.8. The molecule has 0 aromatic carbocycles. The van der Waals surface area contributed by atoms with Gasteiger partial charge in [-0.25, -0.2) is 14.4 Å². The lowest BCUT2D eigenvalue weighted by Crippen LogP contribution is -2.62. The van der Waals surface area contributed by atoms with E-state index in [4.69, 9.17) is 24.9 Å². The van der Waals surface area contributed by atoms with Gasteiger partial charge in [-0.15, -0.1) is 0 Å². The van der Waals surface area contributed by atoms with Crippen LogP contribution in [0.25, 0.3) is 22.2 Å². The zero-order chi connectivity index (χ0) is 33.9. The molecule has 6 aliphatic rings. The predicted octanol–water partition coefficient (Wildman–Crippen LogP) is 4.64. The van der Waals surface area contributed by atoms with E-state index >= 15 is 4.39 Å². The van der Waals surface area contributed by atoms with Crippen molar-refractivity contribution in [3.8, 4) is 23.1 Å². The van der Waals surface area contributed by atoms with Gasteiger partial charge in [0.15, 0.2) is 5.82 Å². The molecular formula is C34H40F4N8O3. The predicted molar refractivity (Wildman–Crippen MR) is 172 cm³/mol. The molecule has 0 radical (unpaired) electrons. The van der Waals surface area contributed by atoms with E-state index in [1.54, 1.807) is 0 Å². The summed E-state index contributed by atoms with van der Waals surface area (Å²) < 4.78 is 78.8. The summed E-state index contributed by atoms with van der Waals surface area (Å²) in [7, 11) is 0. The largest absolute Gasteiger partial charge is 0.472 e. The van der Waals surface area contributed by atoms with Crippen LogP contribution in [0.3, 0.4) is 0 Å². The van der Waals surface area contributed by atoms with Crippen LogP contribution < -0.4 is 25.4 Å². The number of aryl methyl sites for hydroxylation is 1. The van der Waals surface area contributed by atoms with Crippen molar-refractivity contribution >= 4 is 22.5 Å². The second-order valence-electron chi connectivity index (χ2n) is 15.0. The number of rotatable bonds is 6. The van der Waals surface area contributed by atoms with Crippen molar-refractivity contribution in [2.75, 3.05) is 50.1 Å². The maximum absolute atomic E-state index is 16.9. The number of likely N-dealkylation sites (tertiary alicyclic amines) is 1. The van der Waals surface area contributed by atoms with E-state index in [0.717, 1.165) is 77.3 Å². The van der Waals surface area contributed by atoms with Gasteiger partial charge in [-0.3, -0.25) is 4.90 Å². The minimum Gasteiger partial charge on any atom is -0.472 e. The Kier molecular flexibility index (Phi) is 7.03. The Morgan fingerprint density at radius 3 is 2.71 bits per heavy atom. The van der Waals surface area contributed by atoms with Crippen LogP contribution in [0.4, 0.5) is 29.2 Å². The molecule has 11 nitrogen and oxygen atoms in total. The van der Waals surface area contributed by atoms with Crippen molar-refractivity contribution in [3.63, 3.8) is 0 Å². The van der Waals surface area contributed by atoms with Gasteiger partial charge < -0.3 is 30.2 Å². The lowest BCUT2D eigenvalue weighted by Gasteiger charge is -2.42.